The van der Waals surface area contributed by atoms with Gasteiger partial charge in [-0.3, -0.25) is 9.59 Å². The van der Waals surface area contributed by atoms with Crippen molar-refractivity contribution >= 4 is 11.8 Å². The highest BCUT2D eigenvalue weighted by molar-refractivity contribution is 5.95. The third-order valence-electron chi connectivity index (χ3n) is 5.99. The molecule has 0 atom stereocenters. The van der Waals surface area contributed by atoms with E-state index in [1.165, 1.54) is 16.9 Å². The zero-order valence-electron chi connectivity index (χ0n) is 17.6. The monoisotopic (exact) mass is 451 g/mol. The predicted molar refractivity (Wildman–Crippen MR) is 107 cm³/mol. The van der Waals surface area contributed by atoms with Crippen LogP contribution in [-0.2, 0) is 15.7 Å². The van der Waals surface area contributed by atoms with Crippen LogP contribution in [0.25, 0.3) is 5.82 Å². The van der Waals surface area contributed by atoms with Gasteiger partial charge < -0.3 is 14.5 Å². The van der Waals surface area contributed by atoms with Crippen molar-refractivity contribution in [3.8, 4) is 5.82 Å². The number of amides is 2. The number of hydrogen-bond acceptors (Lipinski definition) is 5. The molecule has 0 spiro atoms. The van der Waals surface area contributed by atoms with Crippen LogP contribution in [-0.4, -0.2) is 75.8 Å². The number of rotatable bonds is 3. The second-order valence-electron chi connectivity index (χ2n) is 7.96. The SMILES string of the molecule is Cc1c(C(=O)N2CCC(C(=O)N3CCOCC3)CC2)cnn1-c1ccc(C(F)(F)F)cn1. The van der Waals surface area contributed by atoms with Gasteiger partial charge in [-0.05, 0) is 31.9 Å². The molecule has 8 nitrogen and oxygen atoms in total. The molecule has 0 unspecified atom stereocenters. The van der Waals surface area contributed by atoms with Crippen LogP contribution >= 0.6 is 0 Å². The smallest absolute Gasteiger partial charge is 0.378 e. The Hall–Kier alpha value is -2.95. The third kappa shape index (κ3) is 4.47. The molecule has 0 N–H and O–H groups in total. The number of morpholine rings is 1. The Morgan fingerprint density at radius 1 is 1.03 bits per heavy atom. The van der Waals surface area contributed by atoms with Crippen LogP contribution in [0.5, 0.6) is 0 Å². The van der Waals surface area contributed by atoms with Crippen molar-refractivity contribution in [1.29, 1.82) is 0 Å². The van der Waals surface area contributed by atoms with Crippen molar-refractivity contribution in [1.82, 2.24) is 24.6 Å². The zero-order chi connectivity index (χ0) is 22.9. The Labute approximate surface area is 183 Å². The minimum Gasteiger partial charge on any atom is -0.378 e. The van der Waals surface area contributed by atoms with Crippen molar-refractivity contribution in [3.63, 3.8) is 0 Å². The molecule has 2 aromatic rings. The molecular formula is C21H24F3N5O3. The normalized spacial score (nSPS) is 18.1. The molecule has 0 radical (unpaired) electrons. The molecule has 4 rings (SSSR count). The van der Waals surface area contributed by atoms with Gasteiger partial charge in [0.05, 0.1) is 36.2 Å². The van der Waals surface area contributed by atoms with Crippen LogP contribution in [0, 0.1) is 12.8 Å². The summed E-state index contributed by atoms with van der Waals surface area (Å²) in [6, 6.07) is 2.15. The second kappa shape index (κ2) is 8.89. The topological polar surface area (TPSA) is 80.6 Å². The second-order valence-corrected chi connectivity index (χ2v) is 7.96. The van der Waals surface area contributed by atoms with Gasteiger partial charge in [-0.25, -0.2) is 9.67 Å². The molecule has 0 saturated carbocycles. The highest BCUT2D eigenvalue weighted by Crippen LogP contribution is 2.29. The van der Waals surface area contributed by atoms with Crippen molar-refractivity contribution < 1.29 is 27.5 Å². The summed E-state index contributed by atoms with van der Waals surface area (Å²) < 4.78 is 44.9. The number of hydrogen-bond donors (Lipinski definition) is 0. The largest absolute Gasteiger partial charge is 0.417 e. The maximum absolute atomic E-state index is 13.0. The number of alkyl halides is 3. The van der Waals surface area contributed by atoms with Gasteiger partial charge in [0.25, 0.3) is 5.91 Å². The van der Waals surface area contributed by atoms with Crippen LogP contribution in [0.2, 0.25) is 0 Å². The number of likely N-dealkylation sites (tertiary alicyclic amines) is 1. The first-order chi connectivity index (χ1) is 15.3. The lowest BCUT2D eigenvalue weighted by molar-refractivity contribution is -0.141. The Morgan fingerprint density at radius 2 is 1.72 bits per heavy atom. The highest BCUT2D eigenvalue weighted by atomic mass is 19.4. The van der Waals surface area contributed by atoms with Crippen molar-refractivity contribution in [2.24, 2.45) is 5.92 Å². The van der Waals surface area contributed by atoms with Gasteiger partial charge in [0.1, 0.15) is 0 Å². The summed E-state index contributed by atoms with van der Waals surface area (Å²) in [5.41, 5.74) is 0.00952. The molecule has 2 aromatic heterocycles. The quantitative estimate of drug-likeness (QED) is 0.716. The molecule has 4 heterocycles. The molecule has 2 aliphatic rings. The van der Waals surface area contributed by atoms with E-state index in [1.807, 2.05) is 4.90 Å². The van der Waals surface area contributed by atoms with Gasteiger partial charge in [0, 0.05) is 38.3 Å². The summed E-state index contributed by atoms with van der Waals surface area (Å²) in [6.07, 6.45) is -1.14. The van der Waals surface area contributed by atoms with Crippen molar-refractivity contribution in [3.05, 3.63) is 41.3 Å². The van der Waals surface area contributed by atoms with Crippen LogP contribution in [0.15, 0.2) is 24.5 Å². The van der Waals surface area contributed by atoms with E-state index in [4.69, 9.17) is 4.74 Å². The first kappa shape index (κ1) is 22.3. The number of halogens is 3. The van der Waals surface area contributed by atoms with E-state index < -0.39 is 11.7 Å². The van der Waals surface area contributed by atoms with Gasteiger partial charge in [0.2, 0.25) is 5.91 Å². The minimum absolute atomic E-state index is 0.0997. The lowest BCUT2D eigenvalue weighted by Crippen LogP contribution is -2.47. The van der Waals surface area contributed by atoms with Gasteiger partial charge in [0.15, 0.2) is 5.82 Å². The minimum atomic E-state index is -4.47. The van der Waals surface area contributed by atoms with E-state index in [-0.39, 0.29) is 23.6 Å². The molecule has 0 aliphatic carbocycles. The van der Waals surface area contributed by atoms with Gasteiger partial charge in [-0.2, -0.15) is 18.3 Å². The molecule has 2 amide bonds. The summed E-state index contributed by atoms with van der Waals surface area (Å²) in [7, 11) is 0. The zero-order valence-corrected chi connectivity index (χ0v) is 17.6. The molecule has 2 aliphatic heterocycles. The fourth-order valence-corrected chi connectivity index (χ4v) is 4.07. The first-order valence-electron chi connectivity index (χ1n) is 10.5. The Balaban J connectivity index is 1.40. The molecule has 2 fully saturated rings. The van der Waals surface area contributed by atoms with Crippen LogP contribution in [0.3, 0.4) is 0 Å². The van der Waals surface area contributed by atoms with Gasteiger partial charge in [-0.15, -0.1) is 0 Å². The standard InChI is InChI=1S/C21H24F3N5O3/c1-14-17(13-26-29(14)18-3-2-16(12-25-18)21(22,23)24)20(31)27-6-4-15(5-7-27)19(30)28-8-10-32-11-9-28/h2-3,12-13,15H,4-11H2,1H3. The molecule has 11 heteroatoms. The van der Waals surface area contributed by atoms with E-state index in [2.05, 4.69) is 10.1 Å². The van der Waals surface area contributed by atoms with E-state index in [9.17, 15) is 22.8 Å². The Kier molecular flexibility index (Phi) is 6.18. The summed E-state index contributed by atoms with van der Waals surface area (Å²) in [4.78, 5) is 33.1. The molecule has 0 aromatic carbocycles. The first-order valence-corrected chi connectivity index (χ1v) is 10.5. The summed E-state index contributed by atoms with van der Waals surface area (Å²) >= 11 is 0. The van der Waals surface area contributed by atoms with E-state index in [1.54, 1.807) is 11.8 Å². The molecule has 32 heavy (non-hydrogen) atoms. The maximum Gasteiger partial charge on any atom is 0.417 e. The number of pyridine rings is 1. The average Bonchev–Trinajstić information content (AvgIpc) is 3.19. The number of carbonyl (C=O) groups is 2. The fraction of sp³-hybridized carbons (Fsp3) is 0.524. The van der Waals surface area contributed by atoms with Crippen LogP contribution < -0.4 is 0 Å². The molecule has 2 saturated heterocycles. The van der Waals surface area contributed by atoms with E-state index in [0.717, 1.165) is 12.3 Å². The number of piperidine rings is 1. The van der Waals surface area contributed by atoms with Gasteiger partial charge in [-0.1, -0.05) is 0 Å². The van der Waals surface area contributed by atoms with Crippen LogP contribution in [0.1, 0.15) is 34.5 Å². The number of aromatic nitrogens is 3. The average molecular weight is 451 g/mol. The number of nitrogens with zero attached hydrogens (tertiary/aromatic N) is 5. The summed E-state index contributed by atoms with van der Waals surface area (Å²) in [5.74, 6) is 0.0115. The third-order valence-corrected chi connectivity index (χ3v) is 5.99. The van der Waals surface area contributed by atoms with E-state index in [0.29, 0.717) is 63.5 Å². The highest BCUT2D eigenvalue weighted by Gasteiger charge is 2.33. The van der Waals surface area contributed by atoms with Crippen LogP contribution in [0.4, 0.5) is 13.2 Å². The predicted octanol–water partition coefficient (Wildman–Crippen LogP) is 2.31. The van der Waals surface area contributed by atoms with Gasteiger partial charge >= 0.3 is 6.18 Å². The lowest BCUT2D eigenvalue weighted by atomic mass is 9.94. The number of ether oxygens (including phenoxy) is 1. The summed E-state index contributed by atoms with van der Waals surface area (Å²) in [5, 5.41) is 4.15. The number of carbonyl (C=O) groups excluding carboxylic acids is 2. The van der Waals surface area contributed by atoms with Crippen molar-refractivity contribution in [2.75, 3.05) is 39.4 Å². The molecule has 172 valence electrons. The fourth-order valence-electron chi connectivity index (χ4n) is 4.07. The lowest BCUT2D eigenvalue weighted by Gasteiger charge is -2.35. The Bertz CT molecular complexity index is 976. The van der Waals surface area contributed by atoms with E-state index >= 15 is 0 Å². The summed E-state index contributed by atoms with van der Waals surface area (Å²) in [6.45, 7) is 4.92. The van der Waals surface area contributed by atoms with Crippen molar-refractivity contribution in [2.45, 2.75) is 25.9 Å². The Morgan fingerprint density at radius 3 is 2.31 bits per heavy atom. The molecule has 0 bridgehead atoms. The maximum atomic E-state index is 13.0. The molecular weight excluding hydrogens is 427 g/mol.